The Labute approximate surface area is 229 Å². The van der Waals surface area contributed by atoms with Gasteiger partial charge in [0, 0.05) is 24.8 Å². The highest BCUT2D eigenvalue weighted by Crippen LogP contribution is 2.36. The minimum absolute atomic E-state index is 0.00809. The second-order valence-electron chi connectivity index (χ2n) is 10.0. The highest BCUT2D eigenvalue weighted by molar-refractivity contribution is 5.82. The van der Waals surface area contributed by atoms with E-state index in [1.807, 2.05) is 36.5 Å². The lowest BCUT2D eigenvalue weighted by atomic mass is 9.86. The molecule has 210 valence electrons. The Kier molecular flexibility index (Phi) is 11.5. The number of nitrogens with zero attached hydrogens (tertiary/aromatic N) is 1. The predicted molar refractivity (Wildman–Crippen MR) is 149 cm³/mol. The lowest BCUT2D eigenvalue weighted by Gasteiger charge is -2.21. The summed E-state index contributed by atoms with van der Waals surface area (Å²) < 4.78 is 43.5. The smallest absolute Gasteiger partial charge is 0.414 e. The molecule has 2 atom stereocenters. The molecule has 2 unspecified atom stereocenters. The number of aliphatic carboxylic acids is 1. The lowest BCUT2D eigenvalue weighted by molar-refractivity contribution is -0.214. The molecule has 3 aromatic rings. The molecular formula is C32H38F3NO3. The van der Waals surface area contributed by atoms with Gasteiger partial charge in [0.25, 0.3) is 0 Å². The van der Waals surface area contributed by atoms with Crippen LogP contribution in [0, 0.1) is 0 Å². The van der Waals surface area contributed by atoms with Crippen LogP contribution >= 0.6 is 0 Å². The van der Waals surface area contributed by atoms with Crippen LogP contribution in [0.4, 0.5) is 13.2 Å². The number of carboxylic acids is 1. The molecule has 2 aromatic carbocycles. The minimum Gasteiger partial charge on any atom is -0.481 e. The quantitative estimate of drug-likeness (QED) is 0.195. The van der Waals surface area contributed by atoms with E-state index >= 15 is 0 Å². The monoisotopic (exact) mass is 541 g/mol. The SMILES string of the molecule is CCCCc1ccc(-c2cc(C(CCCOC(C)C(F)(F)F)CCCC(=O)O)ccc2-c2ccccc2)nc1. The zero-order valence-electron chi connectivity index (χ0n) is 22.7. The first-order chi connectivity index (χ1) is 18.7. The normalized spacial score (nSPS) is 13.3. The summed E-state index contributed by atoms with van der Waals surface area (Å²) in [4.78, 5) is 15.9. The van der Waals surface area contributed by atoms with E-state index in [-0.39, 0.29) is 18.9 Å². The van der Waals surface area contributed by atoms with E-state index < -0.39 is 18.2 Å². The maximum atomic E-state index is 12.8. The second kappa shape index (κ2) is 14.8. The molecule has 0 radical (unpaired) electrons. The van der Waals surface area contributed by atoms with Crippen LogP contribution in [0.25, 0.3) is 22.4 Å². The van der Waals surface area contributed by atoms with Crippen molar-refractivity contribution in [1.82, 2.24) is 4.98 Å². The van der Waals surface area contributed by atoms with Gasteiger partial charge in [-0.1, -0.05) is 61.9 Å². The highest BCUT2D eigenvalue weighted by Gasteiger charge is 2.36. The number of halogens is 3. The summed E-state index contributed by atoms with van der Waals surface area (Å²) >= 11 is 0. The van der Waals surface area contributed by atoms with E-state index in [0.717, 1.165) is 54.1 Å². The highest BCUT2D eigenvalue weighted by atomic mass is 19.4. The molecule has 0 spiro atoms. The number of unbranched alkanes of at least 4 members (excludes halogenated alkanes) is 1. The van der Waals surface area contributed by atoms with Gasteiger partial charge in [-0.2, -0.15) is 13.2 Å². The van der Waals surface area contributed by atoms with E-state index in [0.29, 0.717) is 25.7 Å². The molecule has 0 amide bonds. The van der Waals surface area contributed by atoms with Crippen LogP contribution in [0.1, 0.15) is 75.8 Å². The van der Waals surface area contributed by atoms with Crippen molar-refractivity contribution in [2.45, 2.75) is 83.4 Å². The number of carbonyl (C=O) groups is 1. The number of rotatable bonds is 15. The fourth-order valence-corrected chi connectivity index (χ4v) is 4.67. The molecule has 0 aliphatic heterocycles. The van der Waals surface area contributed by atoms with Gasteiger partial charge in [-0.25, -0.2) is 0 Å². The van der Waals surface area contributed by atoms with Crippen molar-refractivity contribution < 1.29 is 27.8 Å². The number of benzene rings is 2. The first-order valence-corrected chi connectivity index (χ1v) is 13.7. The molecule has 0 fully saturated rings. The summed E-state index contributed by atoms with van der Waals surface area (Å²) in [7, 11) is 0. The number of alkyl halides is 3. The van der Waals surface area contributed by atoms with Crippen molar-refractivity contribution >= 4 is 5.97 Å². The summed E-state index contributed by atoms with van der Waals surface area (Å²) in [6.45, 7) is 3.17. The van der Waals surface area contributed by atoms with Gasteiger partial charge in [0.05, 0.1) is 5.69 Å². The predicted octanol–water partition coefficient (Wildman–Crippen LogP) is 8.84. The molecule has 0 aliphatic rings. The average molecular weight is 542 g/mol. The molecule has 7 heteroatoms. The summed E-state index contributed by atoms with van der Waals surface area (Å²) in [5.41, 5.74) is 6.15. The number of carboxylic acid groups (broad SMARTS) is 1. The summed E-state index contributed by atoms with van der Waals surface area (Å²) in [5.74, 6) is -0.870. The topological polar surface area (TPSA) is 59.4 Å². The molecule has 0 saturated heterocycles. The first kappa shape index (κ1) is 30.4. The molecule has 1 N–H and O–H groups in total. The van der Waals surface area contributed by atoms with Gasteiger partial charge in [-0.15, -0.1) is 0 Å². The number of ether oxygens (including phenoxy) is 1. The van der Waals surface area contributed by atoms with Crippen molar-refractivity contribution in [2.24, 2.45) is 0 Å². The fraction of sp³-hybridized carbons (Fsp3) is 0.438. The fourth-order valence-electron chi connectivity index (χ4n) is 4.67. The van der Waals surface area contributed by atoms with Gasteiger partial charge in [0.1, 0.15) is 0 Å². The Balaban J connectivity index is 1.89. The maximum absolute atomic E-state index is 12.8. The second-order valence-corrected chi connectivity index (χ2v) is 10.0. The molecule has 0 bridgehead atoms. The summed E-state index contributed by atoms with van der Waals surface area (Å²) in [6, 6.07) is 20.4. The Bertz CT molecular complexity index is 1160. The van der Waals surface area contributed by atoms with Crippen LogP contribution in [0.2, 0.25) is 0 Å². The van der Waals surface area contributed by atoms with Gasteiger partial charge in [0.2, 0.25) is 0 Å². The van der Waals surface area contributed by atoms with Gasteiger partial charge < -0.3 is 9.84 Å². The molecule has 0 aliphatic carbocycles. The van der Waals surface area contributed by atoms with Crippen LogP contribution < -0.4 is 0 Å². The van der Waals surface area contributed by atoms with Gasteiger partial charge in [-0.3, -0.25) is 9.78 Å². The summed E-state index contributed by atoms with van der Waals surface area (Å²) in [6.07, 6.45) is 1.12. The van der Waals surface area contributed by atoms with E-state index in [1.165, 1.54) is 5.56 Å². The molecule has 1 heterocycles. The zero-order chi connectivity index (χ0) is 28.3. The molecule has 4 nitrogen and oxygen atoms in total. The van der Waals surface area contributed by atoms with Crippen molar-refractivity contribution in [3.05, 3.63) is 78.0 Å². The van der Waals surface area contributed by atoms with Crippen LogP contribution in [0.3, 0.4) is 0 Å². The third-order valence-corrected chi connectivity index (χ3v) is 6.99. The van der Waals surface area contributed by atoms with Gasteiger partial charge >= 0.3 is 12.1 Å². The van der Waals surface area contributed by atoms with Crippen molar-refractivity contribution in [3.63, 3.8) is 0 Å². The zero-order valence-corrected chi connectivity index (χ0v) is 22.7. The number of aryl methyl sites for hydroxylation is 1. The Morgan fingerprint density at radius 2 is 1.72 bits per heavy atom. The van der Waals surface area contributed by atoms with Gasteiger partial charge in [-0.05, 0) is 85.8 Å². The van der Waals surface area contributed by atoms with Crippen molar-refractivity contribution in [1.29, 1.82) is 0 Å². The number of aromatic nitrogens is 1. The summed E-state index contributed by atoms with van der Waals surface area (Å²) in [5, 5.41) is 9.15. The average Bonchev–Trinajstić information content (AvgIpc) is 2.93. The lowest BCUT2D eigenvalue weighted by Crippen LogP contribution is -2.28. The van der Waals surface area contributed by atoms with Crippen LogP contribution in [-0.4, -0.2) is 34.9 Å². The number of hydrogen-bond donors (Lipinski definition) is 1. The molecule has 39 heavy (non-hydrogen) atoms. The number of hydrogen-bond acceptors (Lipinski definition) is 3. The van der Waals surface area contributed by atoms with E-state index in [2.05, 4.69) is 37.3 Å². The Hall–Kier alpha value is -3.19. The van der Waals surface area contributed by atoms with E-state index in [4.69, 9.17) is 14.8 Å². The standard InChI is InChI=1S/C32H38F3NO3/c1-3-4-10-24-16-19-30(36-22-24)29-21-27(17-18-28(29)26-11-6-5-7-12-26)25(13-8-15-31(37)38)14-9-20-39-23(2)32(33,34)35/h5-7,11-12,16-19,21-23,25H,3-4,8-10,13-15,20H2,1-2H3,(H,37,38). The molecule has 0 saturated carbocycles. The minimum atomic E-state index is -4.39. The van der Waals surface area contributed by atoms with Crippen molar-refractivity contribution in [3.8, 4) is 22.4 Å². The molecular weight excluding hydrogens is 503 g/mol. The maximum Gasteiger partial charge on any atom is 0.414 e. The third-order valence-electron chi connectivity index (χ3n) is 6.99. The first-order valence-electron chi connectivity index (χ1n) is 13.7. The Morgan fingerprint density at radius 3 is 2.36 bits per heavy atom. The third kappa shape index (κ3) is 9.50. The van der Waals surface area contributed by atoms with Crippen LogP contribution in [0.5, 0.6) is 0 Å². The van der Waals surface area contributed by atoms with Crippen LogP contribution in [0.15, 0.2) is 66.9 Å². The van der Waals surface area contributed by atoms with Crippen LogP contribution in [-0.2, 0) is 16.0 Å². The van der Waals surface area contributed by atoms with E-state index in [9.17, 15) is 18.0 Å². The Morgan fingerprint density at radius 1 is 0.974 bits per heavy atom. The largest absolute Gasteiger partial charge is 0.481 e. The van der Waals surface area contributed by atoms with Crippen molar-refractivity contribution in [2.75, 3.05) is 6.61 Å². The van der Waals surface area contributed by atoms with Gasteiger partial charge in [0.15, 0.2) is 6.10 Å². The molecule has 1 aromatic heterocycles. The van der Waals surface area contributed by atoms with E-state index in [1.54, 1.807) is 0 Å². The number of pyridine rings is 1. The molecule has 3 rings (SSSR count).